The van der Waals surface area contributed by atoms with Gasteiger partial charge in [-0.05, 0) is 44.0 Å². The second-order valence-corrected chi connectivity index (χ2v) is 5.12. The van der Waals surface area contributed by atoms with Gasteiger partial charge in [0, 0.05) is 11.4 Å². The summed E-state index contributed by atoms with van der Waals surface area (Å²) in [4.78, 5) is 11.1. The number of rotatable bonds is 3. The molecule has 2 aromatic carbocycles. The van der Waals surface area contributed by atoms with Crippen LogP contribution in [0.15, 0.2) is 24.3 Å². The summed E-state index contributed by atoms with van der Waals surface area (Å²) in [6.45, 7) is 5.81. The van der Waals surface area contributed by atoms with Crippen LogP contribution in [-0.2, 0) is 0 Å². The maximum absolute atomic E-state index is 14.0. The number of anilines is 3. The van der Waals surface area contributed by atoms with E-state index in [0.717, 1.165) is 28.4 Å². The SMILES string of the molecule is Cc1cc(C)c(Nc2cc(C(=O)O)c(N)cc2F)c(C)c1. The van der Waals surface area contributed by atoms with E-state index in [1.165, 1.54) is 6.07 Å². The van der Waals surface area contributed by atoms with Crippen LogP contribution in [0.25, 0.3) is 0 Å². The lowest BCUT2D eigenvalue weighted by Gasteiger charge is -2.15. The van der Waals surface area contributed by atoms with Crippen molar-refractivity contribution in [1.29, 1.82) is 0 Å². The number of halogens is 1. The van der Waals surface area contributed by atoms with Crippen molar-refractivity contribution in [3.63, 3.8) is 0 Å². The van der Waals surface area contributed by atoms with Gasteiger partial charge < -0.3 is 16.2 Å². The maximum Gasteiger partial charge on any atom is 0.337 e. The predicted octanol–water partition coefficient (Wildman–Crippen LogP) is 3.77. The van der Waals surface area contributed by atoms with Gasteiger partial charge in [0.05, 0.1) is 11.3 Å². The fourth-order valence-electron chi connectivity index (χ4n) is 2.38. The van der Waals surface area contributed by atoms with E-state index < -0.39 is 11.8 Å². The molecule has 21 heavy (non-hydrogen) atoms. The van der Waals surface area contributed by atoms with E-state index in [2.05, 4.69) is 5.32 Å². The number of benzene rings is 2. The Morgan fingerprint density at radius 2 is 1.71 bits per heavy atom. The number of nitrogens with two attached hydrogens (primary N) is 1. The van der Waals surface area contributed by atoms with Crippen molar-refractivity contribution in [3.8, 4) is 0 Å². The summed E-state index contributed by atoms with van der Waals surface area (Å²) < 4.78 is 14.0. The summed E-state index contributed by atoms with van der Waals surface area (Å²) in [6.07, 6.45) is 0. The third-order valence-corrected chi connectivity index (χ3v) is 3.31. The molecular formula is C16H17FN2O2. The van der Waals surface area contributed by atoms with Gasteiger partial charge in [0.25, 0.3) is 0 Å². The van der Waals surface area contributed by atoms with E-state index in [1.807, 2.05) is 32.9 Å². The molecule has 0 aromatic heterocycles. The Balaban J connectivity index is 2.50. The third-order valence-electron chi connectivity index (χ3n) is 3.31. The normalized spacial score (nSPS) is 10.5. The highest BCUT2D eigenvalue weighted by Crippen LogP contribution is 2.29. The molecule has 0 spiro atoms. The van der Waals surface area contributed by atoms with Crippen LogP contribution in [0.2, 0.25) is 0 Å². The molecular weight excluding hydrogens is 271 g/mol. The quantitative estimate of drug-likeness (QED) is 0.751. The molecule has 0 amide bonds. The monoisotopic (exact) mass is 288 g/mol. The van der Waals surface area contributed by atoms with Gasteiger partial charge in [-0.3, -0.25) is 0 Å². The van der Waals surface area contributed by atoms with Crippen LogP contribution in [0.3, 0.4) is 0 Å². The van der Waals surface area contributed by atoms with Gasteiger partial charge in [-0.1, -0.05) is 17.7 Å². The first-order valence-corrected chi connectivity index (χ1v) is 6.46. The zero-order valence-electron chi connectivity index (χ0n) is 12.1. The Morgan fingerprint density at radius 1 is 1.14 bits per heavy atom. The average molecular weight is 288 g/mol. The van der Waals surface area contributed by atoms with E-state index in [1.54, 1.807) is 0 Å². The highest BCUT2D eigenvalue weighted by atomic mass is 19.1. The predicted molar refractivity (Wildman–Crippen MR) is 81.7 cm³/mol. The number of hydrogen-bond donors (Lipinski definition) is 3. The van der Waals surface area contributed by atoms with Gasteiger partial charge in [-0.2, -0.15) is 0 Å². The van der Waals surface area contributed by atoms with Crippen LogP contribution in [-0.4, -0.2) is 11.1 Å². The molecule has 0 radical (unpaired) electrons. The standard InChI is InChI=1S/C16H17FN2O2/c1-8-4-9(2)15(10(3)5-8)19-14-6-11(16(20)21)13(18)7-12(14)17/h4-7,19H,18H2,1-3H3,(H,20,21). The average Bonchev–Trinajstić information content (AvgIpc) is 2.35. The highest BCUT2D eigenvalue weighted by Gasteiger charge is 2.14. The van der Waals surface area contributed by atoms with Crippen LogP contribution < -0.4 is 11.1 Å². The largest absolute Gasteiger partial charge is 0.478 e. The van der Waals surface area contributed by atoms with Gasteiger partial charge in [-0.15, -0.1) is 0 Å². The molecule has 0 aliphatic rings. The Hall–Kier alpha value is -2.56. The Morgan fingerprint density at radius 3 is 2.24 bits per heavy atom. The Kier molecular flexibility index (Phi) is 3.84. The lowest BCUT2D eigenvalue weighted by Crippen LogP contribution is -2.06. The lowest BCUT2D eigenvalue weighted by atomic mass is 10.0. The summed E-state index contributed by atoms with van der Waals surface area (Å²) in [5.74, 6) is -1.77. The van der Waals surface area contributed by atoms with Gasteiger partial charge in [-0.25, -0.2) is 9.18 Å². The summed E-state index contributed by atoms with van der Waals surface area (Å²) in [7, 11) is 0. The minimum atomic E-state index is -1.19. The molecule has 4 nitrogen and oxygen atoms in total. The molecule has 0 heterocycles. The minimum absolute atomic E-state index is 0.0941. The van der Waals surface area contributed by atoms with Crippen molar-refractivity contribution < 1.29 is 14.3 Å². The van der Waals surface area contributed by atoms with Crippen LogP contribution in [0.4, 0.5) is 21.5 Å². The summed E-state index contributed by atoms with van der Waals surface area (Å²) in [5.41, 5.74) is 9.18. The van der Waals surface area contributed by atoms with E-state index in [9.17, 15) is 9.18 Å². The molecule has 0 unspecified atom stereocenters. The molecule has 0 bridgehead atoms. The maximum atomic E-state index is 14.0. The van der Waals surface area contributed by atoms with Crippen molar-refractivity contribution in [3.05, 3.63) is 52.3 Å². The fourth-order valence-corrected chi connectivity index (χ4v) is 2.38. The minimum Gasteiger partial charge on any atom is -0.478 e. The molecule has 4 N–H and O–H groups in total. The Labute approximate surface area is 122 Å². The van der Waals surface area contributed by atoms with Gasteiger partial charge in [0.1, 0.15) is 5.82 Å². The number of aryl methyl sites for hydroxylation is 3. The number of carboxylic acid groups (broad SMARTS) is 1. The summed E-state index contributed by atoms with van der Waals surface area (Å²) >= 11 is 0. The van der Waals surface area contributed by atoms with Crippen molar-refractivity contribution in [2.75, 3.05) is 11.1 Å². The summed E-state index contributed by atoms with van der Waals surface area (Å²) in [5, 5.41) is 12.0. The molecule has 0 atom stereocenters. The number of carbonyl (C=O) groups is 1. The number of aromatic carboxylic acids is 1. The zero-order valence-corrected chi connectivity index (χ0v) is 12.1. The van der Waals surface area contributed by atoms with Crippen molar-refractivity contribution in [2.24, 2.45) is 0 Å². The Bertz CT molecular complexity index is 703. The van der Waals surface area contributed by atoms with Crippen LogP contribution in [0, 0.1) is 26.6 Å². The van der Waals surface area contributed by atoms with Crippen LogP contribution >= 0.6 is 0 Å². The van der Waals surface area contributed by atoms with E-state index in [4.69, 9.17) is 10.8 Å². The zero-order chi connectivity index (χ0) is 15.7. The highest BCUT2D eigenvalue weighted by molar-refractivity contribution is 5.95. The van der Waals surface area contributed by atoms with E-state index in [-0.39, 0.29) is 16.9 Å². The van der Waals surface area contributed by atoms with Crippen molar-refractivity contribution in [1.82, 2.24) is 0 Å². The number of nitrogens with one attached hydrogen (secondary N) is 1. The molecule has 2 rings (SSSR count). The second-order valence-electron chi connectivity index (χ2n) is 5.12. The molecule has 0 saturated carbocycles. The van der Waals surface area contributed by atoms with E-state index >= 15 is 0 Å². The first-order valence-electron chi connectivity index (χ1n) is 6.46. The molecule has 0 aliphatic carbocycles. The number of carboxylic acids is 1. The molecule has 0 fully saturated rings. The molecule has 110 valence electrons. The molecule has 2 aromatic rings. The van der Waals surface area contributed by atoms with Crippen LogP contribution in [0.1, 0.15) is 27.0 Å². The van der Waals surface area contributed by atoms with Crippen LogP contribution in [0.5, 0.6) is 0 Å². The van der Waals surface area contributed by atoms with Gasteiger partial charge in [0.15, 0.2) is 0 Å². The van der Waals surface area contributed by atoms with Crippen molar-refractivity contribution in [2.45, 2.75) is 20.8 Å². The topological polar surface area (TPSA) is 75.3 Å². The van der Waals surface area contributed by atoms with Gasteiger partial charge >= 0.3 is 5.97 Å². The molecule has 5 heteroatoms. The first-order chi connectivity index (χ1) is 9.79. The van der Waals surface area contributed by atoms with E-state index in [0.29, 0.717) is 0 Å². The third kappa shape index (κ3) is 2.97. The number of hydrogen-bond acceptors (Lipinski definition) is 3. The van der Waals surface area contributed by atoms with Gasteiger partial charge in [0.2, 0.25) is 0 Å². The smallest absolute Gasteiger partial charge is 0.337 e. The fraction of sp³-hybridized carbons (Fsp3) is 0.188. The number of nitrogen functional groups attached to an aromatic ring is 1. The molecule has 0 saturated heterocycles. The second kappa shape index (κ2) is 5.44. The lowest BCUT2D eigenvalue weighted by molar-refractivity contribution is 0.0698. The molecule has 0 aliphatic heterocycles. The first kappa shape index (κ1) is 14.8. The van der Waals surface area contributed by atoms with Crippen molar-refractivity contribution >= 4 is 23.0 Å². The summed E-state index contributed by atoms with van der Waals surface area (Å²) in [6, 6.07) is 6.18.